The minimum Gasteiger partial charge on any atom is -0.468 e. The maximum Gasteiger partial charge on any atom is 0.408 e. The average Bonchev–Trinajstić information content (AvgIpc) is 2.80. The van der Waals surface area contributed by atoms with E-state index >= 15 is 0 Å². The van der Waals surface area contributed by atoms with Crippen LogP contribution in [0.1, 0.15) is 44.4 Å². The number of rotatable bonds is 11. The van der Waals surface area contributed by atoms with E-state index in [1.807, 2.05) is 0 Å². The second-order valence-electron chi connectivity index (χ2n) is 8.59. The number of methoxy groups -OCH3 is 1. The Labute approximate surface area is 209 Å². The normalized spacial score (nSPS) is 12.3. The van der Waals surface area contributed by atoms with Crippen LogP contribution in [0.3, 0.4) is 0 Å². The lowest BCUT2D eigenvalue weighted by atomic mass is 10.0. The van der Waals surface area contributed by atoms with Gasteiger partial charge in [-0.2, -0.15) is 0 Å². The Kier molecular flexibility index (Phi) is 11.4. The van der Waals surface area contributed by atoms with Crippen molar-refractivity contribution in [1.29, 1.82) is 0 Å². The van der Waals surface area contributed by atoms with Crippen LogP contribution in [-0.2, 0) is 28.7 Å². The Balaban J connectivity index is 3.44. The second-order valence-corrected chi connectivity index (χ2v) is 8.59. The van der Waals surface area contributed by atoms with Crippen molar-refractivity contribution in [2.45, 2.75) is 44.9 Å². The number of amides is 4. The van der Waals surface area contributed by atoms with Crippen LogP contribution in [0.15, 0.2) is 24.3 Å². The Morgan fingerprint density at radius 2 is 1.78 bits per heavy atom. The molecule has 2 atom stereocenters. The molecule has 36 heavy (non-hydrogen) atoms. The molecular formula is C24H32N4O8. The highest BCUT2D eigenvalue weighted by molar-refractivity contribution is 5.95. The second kappa shape index (κ2) is 13.7. The zero-order chi connectivity index (χ0) is 27.5. The van der Waals surface area contributed by atoms with Crippen molar-refractivity contribution in [3.63, 3.8) is 0 Å². The number of nitrogens with two attached hydrogens (primary N) is 1. The van der Waals surface area contributed by atoms with Gasteiger partial charge in [0.05, 0.1) is 20.1 Å². The minimum atomic E-state index is -1.51. The minimum absolute atomic E-state index is 0.285. The molecule has 196 valence electrons. The number of aliphatic hydroxyl groups excluding tert-OH is 1. The highest BCUT2D eigenvalue weighted by atomic mass is 16.6. The van der Waals surface area contributed by atoms with Crippen molar-refractivity contribution in [2.75, 3.05) is 26.8 Å². The number of carbonyl (C=O) groups excluding carboxylic acids is 5. The molecule has 1 aromatic rings. The van der Waals surface area contributed by atoms with Gasteiger partial charge in [0, 0.05) is 12.1 Å². The number of aliphatic hydroxyl groups is 1. The van der Waals surface area contributed by atoms with Gasteiger partial charge >= 0.3 is 12.1 Å². The van der Waals surface area contributed by atoms with Crippen LogP contribution in [0.2, 0.25) is 0 Å². The van der Waals surface area contributed by atoms with Crippen molar-refractivity contribution in [2.24, 2.45) is 5.73 Å². The third-order valence-corrected chi connectivity index (χ3v) is 4.61. The lowest BCUT2D eigenvalue weighted by molar-refractivity contribution is -0.145. The summed E-state index contributed by atoms with van der Waals surface area (Å²) in [6, 6.07) is 3.19. The molecule has 1 rings (SSSR count). The van der Waals surface area contributed by atoms with Crippen LogP contribution in [0.25, 0.3) is 0 Å². The number of hydrogen-bond donors (Lipinski definition) is 4. The molecule has 0 saturated carbocycles. The number of esters is 1. The largest absolute Gasteiger partial charge is 0.468 e. The first-order valence-corrected chi connectivity index (χ1v) is 10.9. The fourth-order valence-corrected chi connectivity index (χ4v) is 3.09. The number of ether oxygens (including phenoxy) is 2. The van der Waals surface area contributed by atoms with Gasteiger partial charge in [-0.15, -0.1) is 6.42 Å². The molecule has 12 nitrogen and oxygen atoms in total. The summed E-state index contributed by atoms with van der Waals surface area (Å²) < 4.78 is 9.69. The molecule has 0 heterocycles. The third-order valence-electron chi connectivity index (χ3n) is 4.61. The SMILES string of the molecule is C#Cc1ccc(C(C(=O)NCC(=O)OC)N(CCO)C(=O)C(CC(N)=O)NC(=O)OC(C)(C)C)cc1. The van der Waals surface area contributed by atoms with E-state index in [9.17, 15) is 29.1 Å². The van der Waals surface area contributed by atoms with E-state index in [2.05, 4.69) is 21.3 Å². The third kappa shape index (κ3) is 9.63. The molecule has 12 heteroatoms. The van der Waals surface area contributed by atoms with Gasteiger partial charge in [0.25, 0.3) is 0 Å². The highest BCUT2D eigenvalue weighted by Gasteiger charge is 2.36. The lowest BCUT2D eigenvalue weighted by Gasteiger charge is -2.33. The molecule has 0 fully saturated rings. The lowest BCUT2D eigenvalue weighted by Crippen LogP contribution is -2.54. The van der Waals surface area contributed by atoms with E-state index in [1.165, 1.54) is 24.3 Å². The maximum absolute atomic E-state index is 13.5. The molecule has 0 aliphatic heterocycles. The summed E-state index contributed by atoms with van der Waals surface area (Å²) in [5.74, 6) is -0.887. The van der Waals surface area contributed by atoms with Crippen molar-refractivity contribution < 1.29 is 38.6 Å². The van der Waals surface area contributed by atoms with Gasteiger partial charge in [0.15, 0.2) is 0 Å². The number of hydrogen-bond acceptors (Lipinski definition) is 8. The van der Waals surface area contributed by atoms with Crippen molar-refractivity contribution >= 4 is 29.8 Å². The molecule has 1 aromatic carbocycles. The molecule has 0 aliphatic rings. The summed E-state index contributed by atoms with van der Waals surface area (Å²) in [5.41, 5.74) is 5.18. The Morgan fingerprint density at radius 3 is 2.25 bits per heavy atom. The topological polar surface area (TPSA) is 177 Å². The first kappa shape index (κ1) is 29.9. The summed E-state index contributed by atoms with van der Waals surface area (Å²) in [4.78, 5) is 63.2. The molecule has 4 amide bonds. The number of benzene rings is 1. The molecule has 5 N–H and O–H groups in total. The van der Waals surface area contributed by atoms with Crippen LogP contribution in [0, 0.1) is 12.3 Å². The number of carbonyl (C=O) groups is 5. The fourth-order valence-electron chi connectivity index (χ4n) is 3.09. The van der Waals surface area contributed by atoms with E-state index in [0.29, 0.717) is 5.56 Å². The Bertz CT molecular complexity index is 995. The number of primary amides is 1. The Hall–Kier alpha value is -4.11. The summed E-state index contributed by atoms with van der Waals surface area (Å²) in [6.07, 6.45) is 3.80. The number of nitrogens with one attached hydrogen (secondary N) is 2. The molecule has 0 aromatic heterocycles. The number of alkyl carbamates (subject to hydrolysis) is 1. The molecule has 2 unspecified atom stereocenters. The van der Waals surface area contributed by atoms with Crippen LogP contribution in [0.5, 0.6) is 0 Å². The van der Waals surface area contributed by atoms with Gasteiger partial charge in [-0.1, -0.05) is 18.1 Å². The molecule has 0 bridgehead atoms. The van der Waals surface area contributed by atoms with Gasteiger partial charge in [0.1, 0.15) is 24.2 Å². The number of terminal acetylenes is 1. The summed E-state index contributed by atoms with van der Waals surface area (Å²) in [7, 11) is 1.14. The summed E-state index contributed by atoms with van der Waals surface area (Å²) in [5, 5.41) is 14.3. The quantitative estimate of drug-likeness (QED) is 0.232. The zero-order valence-electron chi connectivity index (χ0n) is 20.7. The smallest absolute Gasteiger partial charge is 0.408 e. The first-order valence-electron chi connectivity index (χ1n) is 10.9. The molecule has 0 aliphatic carbocycles. The van der Waals surface area contributed by atoms with Crippen molar-refractivity contribution in [1.82, 2.24) is 15.5 Å². The monoisotopic (exact) mass is 504 g/mol. The molecular weight excluding hydrogens is 472 g/mol. The van der Waals surface area contributed by atoms with E-state index < -0.39 is 67.0 Å². The molecule has 0 spiro atoms. The van der Waals surface area contributed by atoms with E-state index in [-0.39, 0.29) is 12.1 Å². The van der Waals surface area contributed by atoms with Gasteiger partial charge in [-0.25, -0.2) is 4.79 Å². The van der Waals surface area contributed by atoms with Gasteiger partial charge in [-0.05, 0) is 38.5 Å². The summed E-state index contributed by atoms with van der Waals surface area (Å²) in [6.45, 7) is 3.41. The van der Waals surface area contributed by atoms with Gasteiger partial charge < -0.3 is 35.8 Å². The first-order chi connectivity index (χ1) is 16.8. The standard InChI is InChI=1S/C24H32N4O8/c1-6-15-7-9-16(10-8-15)20(21(32)26-14-19(31)35-5)28(11-12-29)22(33)17(13-18(25)30)27-23(34)36-24(2,3)4/h1,7-10,17,20,29H,11-14H2,2-5H3,(H2,25,30)(H,26,32)(H,27,34). The number of nitrogens with zero attached hydrogens (tertiary/aromatic N) is 1. The van der Waals surface area contributed by atoms with Crippen LogP contribution in [-0.4, -0.2) is 78.2 Å². The Morgan fingerprint density at radius 1 is 1.17 bits per heavy atom. The van der Waals surface area contributed by atoms with Gasteiger partial charge in [-0.3, -0.25) is 19.2 Å². The van der Waals surface area contributed by atoms with Crippen LogP contribution < -0.4 is 16.4 Å². The summed E-state index contributed by atoms with van der Waals surface area (Å²) >= 11 is 0. The van der Waals surface area contributed by atoms with Gasteiger partial charge in [0.2, 0.25) is 17.7 Å². The van der Waals surface area contributed by atoms with Crippen LogP contribution in [0.4, 0.5) is 4.79 Å². The van der Waals surface area contributed by atoms with Crippen molar-refractivity contribution in [3.05, 3.63) is 35.4 Å². The van der Waals surface area contributed by atoms with Crippen molar-refractivity contribution in [3.8, 4) is 12.3 Å². The van der Waals surface area contributed by atoms with E-state index in [4.69, 9.17) is 16.9 Å². The van der Waals surface area contributed by atoms with Crippen LogP contribution >= 0.6 is 0 Å². The molecule has 0 radical (unpaired) electrons. The zero-order valence-corrected chi connectivity index (χ0v) is 20.7. The fraction of sp³-hybridized carbons (Fsp3) is 0.458. The molecule has 0 saturated heterocycles. The highest BCUT2D eigenvalue weighted by Crippen LogP contribution is 2.23. The maximum atomic E-state index is 13.5. The van der Waals surface area contributed by atoms with E-state index in [0.717, 1.165) is 12.0 Å². The van der Waals surface area contributed by atoms with E-state index in [1.54, 1.807) is 20.8 Å². The predicted octanol–water partition coefficient (Wildman–Crippen LogP) is -0.412. The average molecular weight is 505 g/mol. The predicted molar refractivity (Wildman–Crippen MR) is 128 cm³/mol.